The Morgan fingerprint density at radius 2 is 2.04 bits per heavy atom. The zero-order valence-electron chi connectivity index (χ0n) is 14.6. The Kier molecular flexibility index (Phi) is 4.01. The summed E-state index contributed by atoms with van der Waals surface area (Å²) in [5, 5.41) is 9.83. The van der Waals surface area contributed by atoms with Crippen molar-refractivity contribution in [2.24, 2.45) is 0 Å². The molecule has 0 aromatic carbocycles. The molecule has 1 unspecified atom stereocenters. The van der Waals surface area contributed by atoms with Crippen molar-refractivity contribution in [2.75, 3.05) is 17.7 Å². The van der Waals surface area contributed by atoms with E-state index in [1.807, 2.05) is 17.8 Å². The largest absolute Gasteiger partial charge is 0.421 e. The topological polar surface area (TPSA) is 85.5 Å². The van der Waals surface area contributed by atoms with Crippen molar-refractivity contribution in [1.29, 1.82) is 0 Å². The maximum absolute atomic E-state index is 13.0. The van der Waals surface area contributed by atoms with E-state index in [9.17, 15) is 13.2 Å². The summed E-state index contributed by atoms with van der Waals surface area (Å²) in [6, 6.07) is 0.0249. The number of halogens is 3. The van der Waals surface area contributed by atoms with Crippen LogP contribution in [0.3, 0.4) is 0 Å². The molecule has 8 nitrogen and oxygen atoms in total. The SMILES string of the molecule is CNc1nc(Nc2cnn(C3CCn4ccnc43)c2C)ncc1C(F)(F)F. The monoisotopic (exact) mass is 378 g/mol. The van der Waals surface area contributed by atoms with Gasteiger partial charge in [0, 0.05) is 32.2 Å². The van der Waals surface area contributed by atoms with Gasteiger partial charge in [-0.05, 0) is 13.3 Å². The summed E-state index contributed by atoms with van der Waals surface area (Å²) in [4.78, 5) is 12.1. The molecular formula is C16H17F3N8. The Labute approximate surface area is 152 Å². The van der Waals surface area contributed by atoms with Gasteiger partial charge in [0.2, 0.25) is 5.95 Å². The van der Waals surface area contributed by atoms with Gasteiger partial charge >= 0.3 is 6.18 Å². The minimum Gasteiger partial charge on any atom is -0.372 e. The van der Waals surface area contributed by atoms with Gasteiger partial charge < -0.3 is 15.2 Å². The molecule has 0 saturated carbocycles. The lowest BCUT2D eigenvalue weighted by Crippen LogP contribution is -2.13. The number of rotatable bonds is 4. The molecular weight excluding hydrogens is 361 g/mol. The highest BCUT2D eigenvalue weighted by atomic mass is 19.4. The predicted octanol–water partition coefficient (Wildman–Crippen LogP) is 2.98. The molecule has 11 heteroatoms. The fourth-order valence-electron chi connectivity index (χ4n) is 3.25. The highest BCUT2D eigenvalue weighted by molar-refractivity contribution is 5.58. The van der Waals surface area contributed by atoms with Gasteiger partial charge in [-0.25, -0.2) is 9.97 Å². The minimum atomic E-state index is -4.53. The summed E-state index contributed by atoms with van der Waals surface area (Å²) >= 11 is 0. The first-order valence-electron chi connectivity index (χ1n) is 8.32. The third-order valence-electron chi connectivity index (χ3n) is 4.61. The van der Waals surface area contributed by atoms with E-state index in [0.717, 1.165) is 30.7 Å². The van der Waals surface area contributed by atoms with Crippen molar-refractivity contribution in [1.82, 2.24) is 29.3 Å². The predicted molar refractivity (Wildman–Crippen MR) is 91.8 cm³/mol. The Morgan fingerprint density at radius 3 is 2.78 bits per heavy atom. The molecule has 2 N–H and O–H groups in total. The van der Waals surface area contributed by atoms with Crippen molar-refractivity contribution in [3.05, 3.63) is 41.9 Å². The van der Waals surface area contributed by atoms with Gasteiger partial charge in [0.05, 0.1) is 17.6 Å². The van der Waals surface area contributed by atoms with Crippen molar-refractivity contribution >= 4 is 17.5 Å². The summed E-state index contributed by atoms with van der Waals surface area (Å²) in [5.74, 6) is 0.710. The van der Waals surface area contributed by atoms with Crippen LogP contribution in [0.15, 0.2) is 24.8 Å². The van der Waals surface area contributed by atoms with Crippen LogP contribution in [0, 0.1) is 6.92 Å². The van der Waals surface area contributed by atoms with Gasteiger partial charge in [-0.1, -0.05) is 0 Å². The molecule has 1 atom stereocenters. The second kappa shape index (κ2) is 6.25. The Morgan fingerprint density at radius 1 is 1.22 bits per heavy atom. The first-order valence-corrected chi connectivity index (χ1v) is 8.32. The number of nitrogens with one attached hydrogen (secondary N) is 2. The fourth-order valence-corrected chi connectivity index (χ4v) is 3.25. The summed E-state index contributed by atoms with van der Waals surface area (Å²) in [6.07, 6.45) is 2.42. The smallest absolute Gasteiger partial charge is 0.372 e. The molecule has 142 valence electrons. The van der Waals surface area contributed by atoms with Crippen LogP contribution in [-0.4, -0.2) is 36.3 Å². The van der Waals surface area contributed by atoms with Crippen molar-refractivity contribution in [3.8, 4) is 0 Å². The molecule has 1 aliphatic heterocycles. The normalized spacial score (nSPS) is 16.4. The third kappa shape index (κ3) is 2.98. The lowest BCUT2D eigenvalue weighted by atomic mass is 10.2. The molecule has 0 saturated heterocycles. The number of nitrogens with zero attached hydrogens (tertiary/aromatic N) is 6. The molecule has 4 heterocycles. The summed E-state index contributed by atoms with van der Waals surface area (Å²) in [7, 11) is 1.38. The van der Waals surface area contributed by atoms with Crippen LogP contribution in [0.4, 0.5) is 30.6 Å². The Bertz CT molecular complexity index is 974. The van der Waals surface area contributed by atoms with Crippen LogP contribution in [0.5, 0.6) is 0 Å². The lowest BCUT2D eigenvalue weighted by Gasteiger charge is -2.14. The van der Waals surface area contributed by atoms with Crippen molar-refractivity contribution < 1.29 is 13.2 Å². The van der Waals surface area contributed by atoms with E-state index >= 15 is 0 Å². The van der Waals surface area contributed by atoms with Crippen LogP contribution in [-0.2, 0) is 12.7 Å². The summed E-state index contributed by atoms with van der Waals surface area (Å²) in [5.41, 5.74) is 0.536. The van der Waals surface area contributed by atoms with Crippen LogP contribution >= 0.6 is 0 Å². The van der Waals surface area contributed by atoms with Crippen LogP contribution in [0.25, 0.3) is 0 Å². The zero-order chi connectivity index (χ0) is 19.2. The number of aryl methyl sites for hydroxylation is 1. The third-order valence-corrected chi connectivity index (χ3v) is 4.61. The molecule has 3 aromatic heterocycles. The van der Waals surface area contributed by atoms with E-state index in [1.165, 1.54) is 7.05 Å². The molecule has 1 aliphatic rings. The summed E-state index contributed by atoms with van der Waals surface area (Å²) in [6.45, 7) is 2.75. The number of hydrogen-bond donors (Lipinski definition) is 2. The second-order valence-electron chi connectivity index (χ2n) is 6.20. The number of alkyl halides is 3. The van der Waals surface area contributed by atoms with Crippen LogP contribution < -0.4 is 10.6 Å². The van der Waals surface area contributed by atoms with E-state index in [2.05, 4.69) is 35.3 Å². The molecule has 0 aliphatic carbocycles. The van der Waals surface area contributed by atoms with E-state index in [1.54, 1.807) is 12.4 Å². The molecule has 0 amide bonds. The van der Waals surface area contributed by atoms with Crippen LogP contribution in [0.2, 0.25) is 0 Å². The van der Waals surface area contributed by atoms with Gasteiger partial charge in [-0.2, -0.15) is 23.3 Å². The molecule has 4 rings (SSSR count). The molecule has 0 bridgehead atoms. The van der Waals surface area contributed by atoms with E-state index in [-0.39, 0.29) is 17.8 Å². The number of aromatic nitrogens is 6. The lowest BCUT2D eigenvalue weighted by molar-refractivity contribution is -0.137. The van der Waals surface area contributed by atoms with Gasteiger partial charge in [0.25, 0.3) is 0 Å². The summed E-state index contributed by atoms with van der Waals surface area (Å²) < 4.78 is 42.8. The van der Waals surface area contributed by atoms with E-state index in [0.29, 0.717) is 5.69 Å². The zero-order valence-corrected chi connectivity index (χ0v) is 14.6. The number of hydrogen-bond acceptors (Lipinski definition) is 6. The maximum Gasteiger partial charge on any atom is 0.421 e. The van der Waals surface area contributed by atoms with Gasteiger partial charge in [-0.3, -0.25) is 4.68 Å². The highest BCUT2D eigenvalue weighted by Crippen LogP contribution is 2.34. The number of fused-ring (bicyclic) bond motifs is 1. The van der Waals surface area contributed by atoms with E-state index < -0.39 is 11.7 Å². The molecule has 0 fully saturated rings. The first-order chi connectivity index (χ1) is 12.9. The van der Waals surface area contributed by atoms with Gasteiger partial charge in [0.1, 0.15) is 23.2 Å². The fraction of sp³-hybridized carbons (Fsp3) is 0.375. The van der Waals surface area contributed by atoms with Crippen molar-refractivity contribution in [3.63, 3.8) is 0 Å². The maximum atomic E-state index is 13.0. The van der Waals surface area contributed by atoms with Gasteiger partial charge in [0.15, 0.2) is 0 Å². The molecule has 0 radical (unpaired) electrons. The molecule has 3 aromatic rings. The Balaban J connectivity index is 1.61. The average Bonchev–Trinajstić information content (AvgIpc) is 3.31. The highest BCUT2D eigenvalue weighted by Gasteiger charge is 2.35. The van der Waals surface area contributed by atoms with Gasteiger partial charge in [-0.15, -0.1) is 0 Å². The minimum absolute atomic E-state index is 0.0249. The van der Waals surface area contributed by atoms with Crippen molar-refractivity contribution in [2.45, 2.75) is 32.1 Å². The Hall–Kier alpha value is -3.11. The van der Waals surface area contributed by atoms with Crippen LogP contribution in [0.1, 0.15) is 29.5 Å². The first kappa shape index (κ1) is 17.3. The second-order valence-corrected chi connectivity index (χ2v) is 6.20. The quantitative estimate of drug-likeness (QED) is 0.726. The number of anilines is 3. The average molecular weight is 378 g/mol. The van der Waals surface area contributed by atoms with E-state index in [4.69, 9.17) is 0 Å². The number of imidazole rings is 1. The molecule has 27 heavy (non-hydrogen) atoms. The molecule has 0 spiro atoms. The standard InChI is InChI=1S/C16H17F3N8/c1-9-11(8-23-27(9)12-3-5-26-6-4-21-14(12)26)24-15-22-7-10(16(17,18)19)13(20-2)25-15/h4,6-8,12H,3,5H2,1-2H3,(H2,20,22,24,25).